The summed E-state index contributed by atoms with van der Waals surface area (Å²) in [7, 11) is 0. The first-order valence-corrected chi connectivity index (χ1v) is 7.08. The fraction of sp³-hybridized carbons (Fsp3) is 0.571. The summed E-state index contributed by atoms with van der Waals surface area (Å²) < 4.78 is 13.5. The van der Waals surface area contributed by atoms with Crippen molar-refractivity contribution in [3.05, 3.63) is 29.8 Å². The maximum Gasteiger partial charge on any atom is 0.254 e. The molecular formula is C14H18ClFN2O. The van der Waals surface area contributed by atoms with Gasteiger partial charge in [-0.3, -0.25) is 9.78 Å². The molecule has 0 unspecified atom stereocenters. The van der Waals surface area contributed by atoms with Gasteiger partial charge in [0.15, 0.2) is 5.82 Å². The summed E-state index contributed by atoms with van der Waals surface area (Å²) in [5.74, 6) is 0.00735. The van der Waals surface area contributed by atoms with Gasteiger partial charge in [-0.1, -0.05) is 6.92 Å². The Morgan fingerprint density at radius 1 is 1.58 bits per heavy atom. The van der Waals surface area contributed by atoms with Gasteiger partial charge in [0.1, 0.15) is 0 Å². The van der Waals surface area contributed by atoms with Gasteiger partial charge in [-0.15, -0.1) is 11.6 Å². The van der Waals surface area contributed by atoms with Crippen molar-refractivity contribution in [2.45, 2.75) is 38.1 Å². The largest absolute Gasteiger partial charge is 0.345 e. The highest BCUT2D eigenvalue weighted by molar-refractivity contribution is 6.19. The number of hydrogen-bond donors (Lipinski definition) is 1. The van der Waals surface area contributed by atoms with E-state index in [2.05, 4.69) is 17.2 Å². The van der Waals surface area contributed by atoms with E-state index in [0.29, 0.717) is 11.8 Å². The molecule has 1 aliphatic carbocycles. The van der Waals surface area contributed by atoms with Gasteiger partial charge in [-0.25, -0.2) is 4.39 Å². The molecule has 19 heavy (non-hydrogen) atoms. The second-order valence-electron chi connectivity index (χ2n) is 5.41. The van der Waals surface area contributed by atoms with Gasteiger partial charge in [-0.2, -0.15) is 0 Å². The summed E-state index contributed by atoms with van der Waals surface area (Å²) in [6.07, 6.45) is 6.21. The molecular weight excluding hydrogens is 267 g/mol. The standard InChI is InChI=1S/C14H18ClFN2O/c1-10-2-5-14(9-15,6-3-10)18-13(19)11-4-7-17-8-12(11)16/h4,7-8,10H,2-3,5-6,9H2,1H3,(H,18,19). The van der Waals surface area contributed by atoms with E-state index in [-0.39, 0.29) is 5.56 Å². The lowest BCUT2D eigenvalue weighted by Crippen LogP contribution is -2.52. The average molecular weight is 285 g/mol. The van der Waals surface area contributed by atoms with Crippen LogP contribution in [0.5, 0.6) is 0 Å². The molecule has 1 amide bonds. The summed E-state index contributed by atoms with van der Waals surface area (Å²) >= 11 is 6.04. The van der Waals surface area contributed by atoms with Crippen LogP contribution in [0, 0.1) is 11.7 Å². The van der Waals surface area contributed by atoms with Crippen LogP contribution >= 0.6 is 11.6 Å². The number of rotatable bonds is 3. The average Bonchev–Trinajstić information content (AvgIpc) is 2.42. The molecule has 1 aliphatic rings. The quantitative estimate of drug-likeness (QED) is 0.867. The number of amides is 1. The summed E-state index contributed by atoms with van der Waals surface area (Å²) in [6.45, 7) is 2.20. The van der Waals surface area contributed by atoms with E-state index in [1.807, 2.05) is 0 Å². The van der Waals surface area contributed by atoms with Gasteiger partial charge in [0.25, 0.3) is 5.91 Å². The molecule has 1 heterocycles. The Hall–Kier alpha value is -1.16. The number of nitrogens with one attached hydrogen (secondary N) is 1. The van der Waals surface area contributed by atoms with E-state index in [1.165, 1.54) is 12.3 Å². The van der Waals surface area contributed by atoms with Crippen LogP contribution in [0.3, 0.4) is 0 Å². The monoisotopic (exact) mass is 284 g/mol. The Kier molecular flexibility index (Phi) is 4.40. The molecule has 0 aliphatic heterocycles. The molecule has 0 spiro atoms. The molecule has 0 bridgehead atoms. The molecule has 1 aromatic rings. The van der Waals surface area contributed by atoms with Crippen LogP contribution < -0.4 is 5.32 Å². The van der Waals surface area contributed by atoms with E-state index < -0.39 is 17.3 Å². The van der Waals surface area contributed by atoms with Crippen LogP contribution in [0.15, 0.2) is 18.5 Å². The lowest BCUT2D eigenvalue weighted by atomic mass is 9.78. The highest BCUT2D eigenvalue weighted by Gasteiger charge is 2.35. The van der Waals surface area contributed by atoms with Crippen molar-refractivity contribution in [1.29, 1.82) is 0 Å². The molecule has 5 heteroatoms. The summed E-state index contributed by atoms with van der Waals surface area (Å²) in [5.41, 5.74) is -0.376. The van der Waals surface area contributed by atoms with Gasteiger partial charge in [-0.05, 0) is 37.7 Å². The van der Waals surface area contributed by atoms with Crippen molar-refractivity contribution < 1.29 is 9.18 Å². The summed E-state index contributed by atoms with van der Waals surface area (Å²) in [6, 6.07) is 1.39. The molecule has 2 rings (SSSR count). The van der Waals surface area contributed by atoms with Crippen molar-refractivity contribution in [1.82, 2.24) is 10.3 Å². The molecule has 1 aromatic heterocycles. The highest BCUT2D eigenvalue weighted by Crippen LogP contribution is 2.33. The van der Waals surface area contributed by atoms with E-state index in [0.717, 1.165) is 31.9 Å². The molecule has 0 atom stereocenters. The normalized spacial score (nSPS) is 27.0. The number of alkyl halides is 1. The second kappa shape index (κ2) is 5.87. The molecule has 0 aromatic carbocycles. The first-order valence-electron chi connectivity index (χ1n) is 6.54. The van der Waals surface area contributed by atoms with E-state index in [4.69, 9.17) is 11.6 Å². The van der Waals surface area contributed by atoms with Crippen LogP contribution in [0.2, 0.25) is 0 Å². The maximum absolute atomic E-state index is 13.5. The minimum atomic E-state index is -0.603. The highest BCUT2D eigenvalue weighted by atomic mass is 35.5. The van der Waals surface area contributed by atoms with Crippen molar-refractivity contribution in [2.24, 2.45) is 5.92 Å². The Balaban J connectivity index is 2.11. The van der Waals surface area contributed by atoms with Crippen LogP contribution in [-0.4, -0.2) is 22.3 Å². The van der Waals surface area contributed by atoms with Gasteiger partial charge in [0.2, 0.25) is 0 Å². The topological polar surface area (TPSA) is 42.0 Å². The van der Waals surface area contributed by atoms with E-state index in [9.17, 15) is 9.18 Å². The van der Waals surface area contributed by atoms with Gasteiger partial charge < -0.3 is 5.32 Å². The fourth-order valence-electron chi connectivity index (χ4n) is 2.47. The van der Waals surface area contributed by atoms with Crippen LogP contribution in [-0.2, 0) is 0 Å². The zero-order chi connectivity index (χ0) is 13.9. The third kappa shape index (κ3) is 3.24. The predicted molar refractivity (Wildman–Crippen MR) is 72.7 cm³/mol. The summed E-state index contributed by atoms with van der Waals surface area (Å²) in [4.78, 5) is 15.8. The zero-order valence-corrected chi connectivity index (χ0v) is 11.7. The molecule has 0 radical (unpaired) electrons. The minimum Gasteiger partial charge on any atom is -0.345 e. The number of carbonyl (C=O) groups excluding carboxylic acids is 1. The third-order valence-corrected chi connectivity index (χ3v) is 4.39. The van der Waals surface area contributed by atoms with Crippen LogP contribution in [0.25, 0.3) is 0 Å². The van der Waals surface area contributed by atoms with Gasteiger partial charge in [0, 0.05) is 12.1 Å². The number of carbonyl (C=O) groups is 1. The molecule has 1 fully saturated rings. The number of hydrogen-bond acceptors (Lipinski definition) is 2. The van der Waals surface area contributed by atoms with E-state index >= 15 is 0 Å². The first kappa shape index (κ1) is 14.3. The third-order valence-electron chi connectivity index (χ3n) is 3.88. The number of nitrogens with zero attached hydrogens (tertiary/aromatic N) is 1. The zero-order valence-electron chi connectivity index (χ0n) is 11.0. The minimum absolute atomic E-state index is 0.0260. The van der Waals surface area contributed by atoms with Crippen LogP contribution in [0.4, 0.5) is 4.39 Å². The molecule has 0 saturated heterocycles. The lowest BCUT2D eigenvalue weighted by molar-refractivity contribution is 0.0868. The lowest BCUT2D eigenvalue weighted by Gasteiger charge is -2.38. The van der Waals surface area contributed by atoms with Crippen molar-refractivity contribution in [3.8, 4) is 0 Å². The predicted octanol–water partition coefficient (Wildman–Crippen LogP) is 3.14. The Morgan fingerprint density at radius 2 is 2.26 bits per heavy atom. The van der Waals surface area contributed by atoms with Crippen molar-refractivity contribution in [3.63, 3.8) is 0 Å². The van der Waals surface area contributed by atoms with Gasteiger partial charge >= 0.3 is 0 Å². The molecule has 3 nitrogen and oxygen atoms in total. The SMILES string of the molecule is CC1CCC(CCl)(NC(=O)c2ccncc2F)CC1. The molecule has 1 saturated carbocycles. The first-order chi connectivity index (χ1) is 9.06. The number of pyridine rings is 1. The van der Waals surface area contributed by atoms with Crippen LogP contribution in [0.1, 0.15) is 43.0 Å². The Labute approximate surface area is 117 Å². The number of aromatic nitrogens is 1. The smallest absolute Gasteiger partial charge is 0.254 e. The summed E-state index contributed by atoms with van der Waals surface area (Å²) in [5, 5.41) is 2.92. The maximum atomic E-state index is 13.5. The molecule has 1 N–H and O–H groups in total. The Bertz CT molecular complexity index is 459. The van der Waals surface area contributed by atoms with Crippen molar-refractivity contribution in [2.75, 3.05) is 5.88 Å². The number of halogens is 2. The molecule has 104 valence electrons. The fourth-order valence-corrected chi connectivity index (χ4v) is 2.81. The van der Waals surface area contributed by atoms with Gasteiger partial charge in [0.05, 0.1) is 17.3 Å². The Morgan fingerprint density at radius 3 is 2.84 bits per heavy atom. The van der Waals surface area contributed by atoms with Crippen molar-refractivity contribution >= 4 is 17.5 Å². The van der Waals surface area contributed by atoms with E-state index in [1.54, 1.807) is 0 Å². The second-order valence-corrected chi connectivity index (χ2v) is 5.67.